The van der Waals surface area contributed by atoms with E-state index < -0.39 is 6.09 Å². The molecule has 0 fully saturated rings. The van der Waals surface area contributed by atoms with Crippen molar-refractivity contribution in [3.63, 3.8) is 0 Å². The lowest BCUT2D eigenvalue weighted by Gasteiger charge is -2.12. The Labute approximate surface area is 160 Å². The summed E-state index contributed by atoms with van der Waals surface area (Å²) in [6, 6.07) is 9.07. The van der Waals surface area contributed by atoms with Crippen LogP contribution in [0.25, 0.3) is 5.65 Å². The number of fused-ring (bicyclic) bond motifs is 1. The van der Waals surface area contributed by atoms with Gasteiger partial charge < -0.3 is 25.8 Å². The van der Waals surface area contributed by atoms with Gasteiger partial charge in [-0.1, -0.05) is 6.07 Å². The van der Waals surface area contributed by atoms with Crippen molar-refractivity contribution in [1.82, 2.24) is 14.6 Å². The Bertz CT molecular complexity index is 1060. The number of imidazole rings is 1. The number of primary amides is 1. The number of nitriles is 1. The average Bonchev–Trinajstić information content (AvgIpc) is 3.07. The Hall–Kier alpha value is -3.84. The molecule has 0 unspecified atom stereocenters. The Morgan fingerprint density at radius 3 is 2.93 bits per heavy atom. The van der Waals surface area contributed by atoms with Gasteiger partial charge in [0.25, 0.3) is 0 Å². The van der Waals surface area contributed by atoms with E-state index in [1.54, 1.807) is 32.2 Å². The summed E-state index contributed by atoms with van der Waals surface area (Å²) in [6.07, 6.45) is 0.569. The quantitative estimate of drug-likeness (QED) is 0.529. The van der Waals surface area contributed by atoms with Crippen molar-refractivity contribution < 1.29 is 14.3 Å². The minimum absolute atomic E-state index is 0.301. The molecule has 0 bridgehead atoms. The number of ether oxygens (including phenoxy) is 2. The van der Waals surface area contributed by atoms with Gasteiger partial charge in [-0.3, -0.25) is 0 Å². The number of nitrogens with one attached hydrogen (secondary N) is 2. The molecular formula is C18H19N7O3. The molecule has 2 heterocycles. The molecule has 0 aliphatic heterocycles. The number of carbonyl (C=O) groups is 1. The third-order valence-corrected chi connectivity index (χ3v) is 3.87. The predicted octanol–water partition coefficient (Wildman–Crippen LogP) is 2.17. The van der Waals surface area contributed by atoms with Gasteiger partial charge in [0, 0.05) is 31.5 Å². The molecule has 0 saturated carbocycles. The normalized spacial score (nSPS) is 10.5. The summed E-state index contributed by atoms with van der Waals surface area (Å²) in [5.74, 6) is 0.813. The first-order valence-electron chi connectivity index (χ1n) is 8.38. The first-order valence-corrected chi connectivity index (χ1v) is 8.38. The van der Waals surface area contributed by atoms with Gasteiger partial charge >= 0.3 is 6.09 Å². The number of nitrogens with zero attached hydrogens (tertiary/aromatic N) is 4. The van der Waals surface area contributed by atoms with Gasteiger partial charge in [0.1, 0.15) is 11.8 Å². The number of aryl methyl sites for hydroxylation is 1. The van der Waals surface area contributed by atoms with E-state index in [1.807, 2.05) is 6.07 Å². The fourth-order valence-electron chi connectivity index (χ4n) is 2.57. The number of benzene rings is 1. The van der Waals surface area contributed by atoms with Crippen LogP contribution in [-0.2, 0) is 4.74 Å². The third kappa shape index (κ3) is 4.11. The van der Waals surface area contributed by atoms with E-state index in [9.17, 15) is 10.1 Å². The van der Waals surface area contributed by atoms with Crippen LogP contribution in [0.2, 0.25) is 0 Å². The highest BCUT2D eigenvalue weighted by molar-refractivity contribution is 5.74. The predicted molar refractivity (Wildman–Crippen MR) is 103 cm³/mol. The summed E-state index contributed by atoms with van der Waals surface area (Å²) in [4.78, 5) is 15.3. The zero-order chi connectivity index (χ0) is 20.1. The maximum atomic E-state index is 11.1. The third-order valence-electron chi connectivity index (χ3n) is 3.87. The van der Waals surface area contributed by atoms with Crippen molar-refractivity contribution in [2.75, 3.05) is 30.9 Å². The van der Waals surface area contributed by atoms with Crippen molar-refractivity contribution in [3.05, 3.63) is 41.7 Å². The van der Waals surface area contributed by atoms with Crippen LogP contribution < -0.4 is 21.1 Å². The largest absolute Gasteiger partial charge is 0.410 e. The molecule has 2 aromatic heterocycles. The zero-order valence-corrected chi connectivity index (χ0v) is 15.4. The average molecular weight is 381 g/mol. The van der Waals surface area contributed by atoms with E-state index in [1.165, 1.54) is 10.7 Å². The SMILES string of the molecule is COCCNc1cc(Nc2ccc(C)c(OC(N)=O)c2)nn2c(C#N)cnc12. The molecule has 3 rings (SSSR count). The molecule has 4 N–H and O–H groups in total. The van der Waals surface area contributed by atoms with Gasteiger partial charge in [0.05, 0.1) is 18.5 Å². The number of hydrogen-bond donors (Lipinski definition) is 3. The molecule has 0 aliphatic carbocycles. The number of aromatic nitrogens is 3. The second-order valence-corrected chi connectivity index (χ2v) is 5.88. The smallest absolute Gasteiger partial charge is 0.409 e. The van der Waals surface area contributed by atoms with Crippen LogP contribution in [0.1, 0.15) is 11.3 Å². The molecule has 0 aliphatic rings. The van der Waals surface area contributed by atoms with Crippen molar-refractivity contribution in [1.29, 1.82) is 5.26 Å². The fourth-order valence-corrected chi connectivity index (χ4v) is 2.57. The summed E-state index contributed by atoms with van der Waals surface area (Å²) >= 11 is 0. The molecule has 28 heavy (non-hydrogen) atoms. The molecule has 10 nitrogen and oxygen atoms in total. The lowest BCUT2D eigenvalue weighted by molar-refractivity contribution is 0.210. The number of amides is 1. The molecule has 0 atom stereocenters. The second-order valence-electron chi connectivity index (χ2n) is 5.88. The minimum atomic E-state index is -0.887. The van der Waals surface area contributed by atoms with E-state index >= 15 is 0 Å². The standard InChI is InChI=1S/C18H19N7O3/c1-11-3-4-12(7-15(11)28-18(20)26)23-16-8-14(21-5-6-27-2)17-22-10-13(9-19)25(17)24-16/h3-4,7-8,10,21H,5-6H2,1-2H3,(H2,20,26)(H,23,24). The molecule has 144 valence electrons. The molecule has 1 amide bonds. The molecule has 10 heteroatoms. The monoisotopic (exact) mass is 381 g/mol. The molecular weight excluding hydrogens is 362 g/mol. The Kier molecular flexibility index (Phi) is 5.57. The highest BCUT2D eigenvalue weighted by Gasteiger charge is 2.12. The fraction of sp³-hybridized carbons (Fsp3) is 0.222. The number of nitrogens with two attached hydrogens (primary N) is 1. The van der Waals surface area contributed by atoms with E-state index in [0.717, 1.165) is 5.56 Å². The first-order chi connectivity index (χ1) is 13.5. The van der Waals surface area contributed by atoms with E-state index in [0.29, 0.717) is 47.4 Å². The number of hydrogen-bond acceptors (Lipinski definition) is 8. The maximum absolute atomic E-state index is 11.1. The van der Waals surface area contributed by atoms with Gasteiger partial charge in [-0.25, -0.2) is 9.78 Å². The van der Waals surface area contributed by atoms with Crippen molar-refractivity contribution in [2.45, 2.75) is 6.92 Å². The highest BCUT2D eigenvalue weighted by atomic mass is 16.5. The Balaban J connectivity index is 1.96. The molecule has 0 radical (unpaired) electrons. The van der Waals surface area contributed by atoms with Gasteiger partial charge in [0.15, 0.2) is 17.2 Å². The summed E-state index contributed by atoms with van der Waals surface area (Å²) in [6.45, 7) is 2.87. The lowest BCUT2D eigenvalue weighted by atomic mass is 10.2. The second kappa shape index (κ2) is 8.24. The van der Waals surface area contributed by atoms with Crippen molar-refractivity contribution >= 4 is 28.9 Å². The van der Waals surface area contributed by atoms with E-state index in [2.05, 4.69) is 26.8 Å². The molecule has 1 aromatic carbocycles. The Morgan fingerprint density at radius 1 is 1.39 bits per heavy atom. The van der Waals surface area contributed by atoms with Crippen LogP contribution in [0.3, 0.4) is 0 Å². The topological polar surface area (TPSA) is 140 Å². The highest BCUT2D eigenvalue weighted by Crippen LogP contribution is 2.27. The van der Waals surface area contributed by atoms with Crippen LogP contribution in [0.15, 0.2) is 30.5 Å². The van der Waals surface area contributed by atoms with Crippen LogP contribution in [0, 0.1) is 18.3 Å². The summed E-state index contributed by atoms with van der Waals surface area (Å²) in [7, 11) is 1.61. The van der Waals surface area contributed by atoms with Gasteiger partial charge in [-0.15, -0.1) is 5.10 Å². The van der Waals surface area contributed by atoms with Crippen molar-refractivity contribution in [2.24, 2.45) is 5.73 Å². The molecule has 0 spiro atoms. The number of methoxy groups -OCH3 is 1. The maximum Gasteiger partial charge on any atom is 0.409 e. The number of rotatable bonds is 7. The van der Waals surface area contributed by atoms with Crippen LogP contribution in [-0.4, -0.2) is 41.0 Å². The summed E-state index contributed by atoms with van der Waals surface area (Å²) < 4.78 is 11.5. The summed E-state index contributed by atoms with van der Waals surface area (Å²) in [5, 5.41) is 20.1. The van der Waals surface area contributed by atoms with Gasteiger partial charge in [-0.2, -0.15) is 9.78 Å². The van der Waals surface area contributed by atoms with E-state index in [-0.39, 0.29) is 0 Å². The zero-order valence-electron chi connectivity index (χ0n) is 15.4. The van der Waals surface area contributed by atoms with Crippen LogP contribution >= 0.6 is 0 Å². The Morgan fingerprint density at radius 2 is 2.21 bits per heavy atom. The van der Waals surface area contributed by atoms with Crippen LogP contribution in [0.5, 0.6) is 5.75 Å². The van der Waals surface area contributed by atoms with Gasteiger partial charge in [0.2, 0.25) is 0 Å². The first kappa shape index (κ1) is 18.9. The summed E-state index contributed by atoms with van der Waals surface area (Å²) in [5.41, 5.74) is 8.02. The lowest BCUT2D eigenvalue weighted by Crippen LogP contribution is -2.16. The van der Waals surface area contributed by atoms with Gasteiger partial charge in [-0.05, 0) is 18.6 Å². The molecule has 3 aromatic rings. The van der Waals surface area contributed by atoms with Crippen molar-refractivity contribution in [3.8, 4) is 11.8 Å². The number of anilines is 3. The van der Waals surface area contributed by atoms with Crippen LogP contribution in [0.4, 0.5) is 22.0 Å². The minimum Gasteiger partial charge on any atom is -0.410 e. The molecule has 0 saturated heterocycles. The van der Waals surface area contributed by atoms with E-state index in [4.69, 9.17) is 15.2 Å². The number of carbonyl (C=O) groups excluding carboxylic acids is 1.